The standard InChI is InChI=1S/C17H21NO3S/c1-4-13-14(11-7-9-12(10-8-11)20-5-2)15(16(18)22-13)17(19)21-6-3/h7-10H,4-6,18H2,1-3H3. The number of benzene rings is 1. The molecule has 0 bridgehead atoms. The normalized spacial score (nSPS) is 10.5. The number of nitrogens with two attached hydrogens (primary N) is 1. The minimum atomic E-state index is -0.361. The smallest absolute Gasteiger partial charge is 0.341 e. The number of rotatable bonds is 6. The van der Waals surface area contributed by atoms with Gasteiger partial charge in [-0.15, -0.1) is 11.3 Å². The van der Waals surface area contributed by atoms with Crippen LogP contribution in [0.5, 0.6) is 5.75 Å². The quantitative estimate of drug-likeness (QED) is 0.813. The molecule has 1 heterocycles. The van der Waals surface area contributed by atoms with Gasteiger partial charge in [-0.2, -0.15) is 0 Å². The zero-order chi connectivity index (χ0) is 16.1. The summed E-state index contributed by atoms with van der Waals surface area (Å²) in [6.07, 6.45) is 0.816. The minimum Gasteiger partial charge on any atom is -0.494 e. The summed E-state index contributed by atoms with van der Waals surface area (Å²) in [4.78, 5) is 13.3. The molecule has 0 saturated heterocycles. The van der Waals surface area contributed by atoms with Crippen molar-refractivity contribution in [2.75, 3.05) is 18.9 Å². The van der Waals surface area contributed by atoms with E-state index in [1.807, 2.05) is 31.2 Å². The second-order valence-corrected chi connectivity index (χ2v) is 5.81. The van der Waals surface area contributed by atoms with Crippen molar-refractivity contribution in [2.45, 2.75) is 27.2 Å². The summed E-state index contributed by atoms with van der Waals surface area (Å²) in [7, 11) is 0. The molecule has 0 radical (unpaired) electrons. The van der Waals surface area contributed by atoms with Crippen LogP contribution in [0.3, 0.4) is 0 Å². The van der Waals surface area contributed by atoms with Crippen LogP contribution in [-0.4, -0.2) is 19.2 Å². The maximum Gasteiger partial charge on any atom is 0.341 e. The van der Waals surface area contributed by atoms with Gasteiger partial charge < -0.3 is 15.2 Å². The predicted molar refractivity (Wildman–Crippen MR) is 90.7 cm³/mol. The zero-order valence-electron chi connectivity index (χ0n) is 13.1. The fraction of sp³-hybridized carbons (Fsp3) is 0.353. The third kappa shape index (κ3) is 3.25. The lowest BCUT2D eigenvalue weighted by molar-refractivity contribution is 0.0529. The van der Waals surface area contributed by atoms with Gasteiger partial charge in [0.1, 0.15) is 16.3 Å². The van der Waals surface area contributed by atoms with Crippen LogP contribution in [0.15, 0.2) is 24.3 Å². The molecular weight excluding hydrogens is 298 g/mol. The first kappa shape index (κ1) is 16.4. The topological polar surface area (TPSA) is 61.5 Å². The van der Waals surface area contributed by atoms with Gasteiger partial charge in [-0.3, -0.25) is 0 Å². The second-order valence-electron chi connectivity index (χ2n) is 4.67. The van der Waals surface area contributed by atoms with Gasteiger partial charge in [-0.05, 0) is 38.0 Å². The Kier molecular flexibility index (Phi) is 5.44. The molecule has 1 aromatic carbocycles. The van der Waals surface area contributed by atoms with Gasteiger partial charge in [0.05, 0.1) is 13.2 Å². The van der Waals surface area contributed by atoms with Gasteiger partial charge in [0.2, 0.25) is 0 Å². The number of carbonyl (C=O) groups is 1. The summed E-state index contributed by atoms with van der Waals surface area (Å²) in [5.74, 6) is 0.449. The Bertz CT molecular complexity index is 647. The Labute approximate surface area is 134 Å². The number of hydrogen-bond acceptors (Lipinski definition) is 5. The van der Waals surface area contributed by atoms with E-state index in [0.29, 0.717) is 23.8 Å². The highest BCUT2D eigenvalue weighted by Gasteiger charge is 2.23. The third-order valence-electron chi connectivity index (χ3n) is 3.26. The highest BCUT2D eigenvalue weighted by Crippen LogP contribution is 2.39. The summed E-state index contributed by atoms with van der Waals surface area (Å²) in [6.45, 7) is 6.74. The number of thiophene rings is 1. The van der Waals surface area contributed by atoms with E-state index < -0.39 is 0 Å². The molecule has 4 nitrogen and oxygen atoms in total. The zero-order valence-corrected chi connectivity index (χ0v) is 14.0. The lowest BCUT2D eigenvalue weighted by atomic mass is 10.00. The van der Waals surface area contributed by atoms with Crippen LogP contribution in [0.1, 0.15) is 36.0 Å². The molecule has 0 amide bonds. The lowest BCUT2D eigenvalue weighted by Crippen LogP contribution is -2.07. The summed E-state index contributed by atoms with van der Waals surface area (Å²) < 4.78 is 10.6. The Morgan fingerprint density at radius 2 is 1.82 bits per heavy atom. The molecule has 2 rings (SSSR count). The molecule has 2 N–H and O–H groups in total. The number of hydrogen-bond donors (Lipinski definition) is 1. The Morgan fingerprint density at radius 3 is 2.36 bits per heavy atom. The number of aryl methyl sites for hydroxylation is 1. The predicted octanol–water partition coefficient (Wildman–Crippen LogP) is 4.14. The van der Waals surface area contributed by atoms with Gasteiger partial charge in [-0.1, -0.05) is 19.1 Å². The fourth-order valence-electron chi connectivity index (χ4n) is 2.34. The molecule has 2 aromatic rings. The average Bonchev–Trinajstić information content (AvgIpc) is 2.85. The van der Waals surface area contributed by atoms with E-state index in [9.17, 15) is 4.79 Å². The summed E-state index contributed by atoms with van der Waals surface area (Å²) in [6, 6.07) is 7.71. The van der Waals surface area contributed by atoms with Crippen molar-refractivity contribution in [3.8, 4) is 16.9 Å². The van der Waals surface area contributed by atoms with Crippen molar-refractivity contribution in [1.29, 1.82) is 0 Å². The van der Waals surface area contributed by atoms with Crippen molar-refractivity contribution in [1.82, 2.24) is 0 Å². The molecular formula is C17H21NO3S. The van der Waals surface area contributed by atoms with Gasteiger partial charge in [0.25, 0.3) is 0 Å². The molecule has 0 atom stereocenters. The molecule has 0 spiro atoms. The first-order valence-electron chi connectivity index (χ1n) is 7.43. The van der Waals surface area contributed by atoms with Gasteiger partial charge >= 0.3 is 5.97 Å². The first-order valence-corrected chi connectivity index (χ1v) is 8.25. The van der Waals surface area contributed by atoms with Crippen LogP contribution in [0.25, 0.3) is 11.1 Å². The number of carbonyl (C=O) groups excluding carboxylic acids is 1. The summed E-state index contributed by atoms with van der Waals surface area (Å²) >= 11 is 1.45. The molecule has 0 aliphatic heterocycles. The van der Waals surface area contributed by atoms with E-state index in [2.05, 4.69) is 6.92 Å². The molecule has 0 fully saturated rings. The highest BCUT2D eigenvalue weighted by atomic mass is 32.1. The van der Waals surface area contributed by atoms with Crippen molar-refractivity contribution >= 4 is 22.3 Å². The lowest BCUT2D eigenvalue weighted by Gasteiger charge is -2.09. The van der Waals surface area contributed by atoms with Crippen LogP contribution in [0, 0.1) is 0 Å². The number of anilines is 1. The van der Waals surface area contributed by atoms with E-state index in [1.165, 1.54) is 11.3 Å². The fourth-order valence-corrected chi connectivity index (χ4v) is 3.36. The maximum absolute atomic E-state index is 12.2. The van der Waals surface area contributed by atoms with Crippen molar-refractivity contribution < 1.29 is 14.3 Å². The highest BCUT2D eigenvalue weighted by molar-refractivity contribution is 7.17. The number of esters is 1. The SMILES string of the molecule is CCOC(=O)c1c(N)sc(CC)c1-c1ccc(OCC)cc1. The molecule has 0 aliphatic carbocycles. The summed E-state index contributed by atoms with van der Waals surface area (Å²) in [5, 5.41) is 0.513. The largest absolute Gasteiger partial charge is 0.494 e. The maximum atomic E-state index is 12.2. The van der Waals surface area contributed by atoms with Crippen LogP contribution >= 0.6 is 11.3 Å². The molecule has 0 aliphatic rings. The molecule has 0 unspecified atom stereocenters. The van der Waals surface area contributed by atoms with Crippen LogP contribution in [-0.2, 0) is 11.2 Å². The van der Waals surface area contributed by atoms with Crippen LogP contribution in [0.4, 0.5) is 5.00 Å². The minimum absolute atomic E-state index is 0.332. The average molecular weight is 319 g/mol. The molecule has 0 saturated carbocycles. The number of nitrogen functional groups attached to an aromatic ring is 1. The first-order chi connectivity index (χ1) is 10.6. The van der Waals surface area contributed by atoms with Gasteiger partial charge in [0, 0.05) is 10.4 Å². The van der Waals surface area contributed by atoms with Crippen LogP contribution < -0.4 is 10.5 Å². The Balaban J connectivity index is 2.50. The van der Waals surface area contributed by atoms with Crippen molar-refractivity contribution in [2.24, 2.45) is 0 Å². The third-order valence-corrected chi connectivity index (χ3v) is 4.43. The van der Waals surface area contributed by atoms with Gasteiger partial charge in [-0.25, -0.2) is 4.79 Å². The summed E-state index contributed by atoms with van der Waals surface area (Å²) in [5.41, 5.74) is 8.37. The van der Waals surface area contributed by atoms with E-state index in [1.54, 1.807) is 6.92 Å². The Hall–Kier alpha value is -2.01. The van der Waals surface area contributed by atoms with Crippen molar-refractivity contribution in [3.05, 3.63) is 34.7 Å². The Morgan fingerprint density at radius 1 is 1.14 bits per heavy atom. The van der Waals surface area contributed by atoms with Gasteiger partial charge in [0.15, 0.2) is 0 Å². The van der Waals surface area contributed by atoms with E-state index in [4.69, 9.17) is 15.2 Å². The molecule has 5 heteroatoms. The molecule has 22 heavy (non-hydrogen) atoms. The number of ether oxygens (including phenoxy) is 2. The molecule has 118 valence electrons. The second kappa shape index (κ2) is 7.31. The van der Waals surface area contributed by atoms with Crippen LogP contribution in [0.2, 0.25) is 0 Å². The van der Waals surface area contributed by atoms with E-state index in [-0.39, 0.29) is 5.97 Å². The molecule has 1 aromatic heterocycles. The van der Waals surface area contributed by atoms with E-state index in [0.717, 1.165) is 28.2 Å². The van der Waals surface area contributed by atoms with E-state index >= 15 is 0 Å². The van der Waals surface area contributed by atoms with Crippen molar-refractivity contribution in [3.63, 3.8) is 0 Å². The monoisotopic (exact) mass is 319 g/mol.